The molecule has 1 saturated heterocycles. The van der Waals surface area contributed by atoms with Crippen LogP contribution < -0.4 is 0 Å². The molecule has 3 rings (SSSR count). The molecular formula is C21H18F6N2O2. The fraction of sp³-hybridized carbons (Fsp3) is 0.333. The minimum Gasteiger partial charge on any atom is -0.335 e. The second kappa shape index (κ2) is 8.24. The van der Waals surface area contributed by atoms with Crippen molar-refractivity contribution in [2.75, 3.05) is 26.2 Å². The lowest BCUT2D eigenvalue weighted by Gasteiger charge is -2.35. The van der Waals surface area contributed by atoms with Crippen LogP contribution in [0.5, 0.6) is 0 Å². The van der Waals surface area contributed by atoms with E-state index in [1.54, 1.807) is 24.3 Å². The molecule has 1 aliphatic heterocycles. The zero-order chi connectivity index (χ0) is 23.0. The Morgan fingerprint density at radius 1 is 0.677 bits per heavy atom. The minimum atomic E-state index is -5.03. The van der Waals surface area contributed by atoms with Crippen molar-refractivity contribution in [2.45, 2.75) is 19.3 Å². The van der Waals surface area contributed by atoms with Gasteiger partial charge in [0.25, 0.3) is 11.8 Å². The fourth-order valence-electron chi connectivity index (χ4n) is 3.25. The van der Waals surface area contributed by atoms with Gasteiger partial charge in [0.15, 0.2) is 0 Å². The number of hydrogen-bond donors (Lipinski definition) is 0. The third-order valence-electron chi connectivity index (χ3n) is 4.99. The molecule has 0 aliphatic carbocycles. The number of piperazine rings is 1. The van der Waals surface area contributed by atoms with E-state index in [1.165, 1.54) is 4.90 Å². The maximum absolute atomic E-state index is 13.0. The summed E-state index contributed by atoms with van der Waals surface area (Å²) in [5.74, 6) is -1.20. The predicted octanol–water partition coefficient (Wildman–Crippen LogP) is 4.63. The Morgan fingerprint density at radius 2 is 1.06 bits per heavy atom. The van der Waals surface area contributed by atoms with Gasteiger partial charge in [-0.25, -0.2) is 0 Å². The Labute approximate surface area is 174 Å². The molecule has 0 atom stereocenters. The van der Waals surface area contributed by atoms with Crippen molar-refractivity contribution in [3.8, 4) is 0 Å². The number of halogens is 6. The van der Waals surface area contributed by atoms with Crippen molar-refractivity contribution >= 4 is 11.8 Å². The molecule has 2 aromatic rings. The van der Waals surface area contributed by atoms with E-state index in [2.05, 4.69) is 0 Å². The van der Waals surface area contributed by atoms with Crippen LogP contribution in [0, 0.1) is 6.92 Å². The first kappa shape index (κ1) is 22.6. The molecule has 0 unspecified atom stereocenters. The number of aryl methyl sites for hydroxylation is 1. The fourth-order valence-corrected chi connectivity index (χ4v) is 3.25. The Bertz CT molecular complexity index is 943. The summed E-state index contributed by atoms with van der Waals surface area (Å²) in [6, 6.07) is 7.70. The average molecular weight is 444 g/mol. The van der Waals surface area contributed by atoms with Gasteiger partial charge in [-0.15, -0.1) is 0 Å². The van der Waals surface area contributed by atoms with Crippen LogP contribution in [0.1, 0.15) is 37.4 Å². The smallest absolute Gasteiger partial charge is 0.335 e. The molecule has 1 aliphatic rings. The van der Waals surface area contributed by atoms with Crippen LogP contribution in [-0.4, -0.2) is 47.8 Å². The van der Waals surface area contributed by atoms with Gasteiger partial charge in [-0.1, -0.05) is 17.7 Å². The van der Waals surface area contributed by atoms with E-state index in [0.29, 0.717) is 17.7 Å². The molecular weight excluding hydrogens is 426 g/mol. The Morgan fingerprint density at radius 3 is 1.45 bits per heavy atom. The summed E-state index contributed by atoms with van der Waals surface area (Å²) in [5, 5.41) is 0. The van der Waals surface area contributed by atoms with Gasteiger partial charge in [-0.05, 0) is 37.3 Å². The van der Waals surface area contributed by atoms with E-state index in [9.17, 15) is 35.9 Å². The van der Waals surface area contributed by atoms with Crippen LogP contribution in [-0.2, 0) is 12.4 Å². The second-order valence-electron chi connectivity index (χ2n) is 7.24. The maximum atomic E-state index is 13.0. The van der Waals surface area contributed by atoms with Crippen molar-refractivity contribution in [1.82, 2.24) is 9.80 Å². The number of carbonyl (C=O) groups is 2. The largest absolute Gasteiger partial charge is 0.416 e. The lowest BCUT2D eigenvalue weighted by Crippen LogP contribution is -2.50. The molecule has 4 nitrogen and oxygen atoms in total. The number of rotatable bonds is 2. The molecule has 2 amide bonds. The van der Waals surface area contributed by atoms with Gasteiger partial charge in [-0.2, -0.15) is 26.3 Å². The lowest BCUT2D eigenvalue weighted by atomic mass is 10.0. The third kappa shape index (κ3) is 5.18. The first-order chi connectivity index (χ1) is 14.4. The van der Waals surface area contributed by atoms with E-state index in [0.717, 1.165) is 10.5 Å². The number of benzene rings is 2. The summed E-state index contributed by atoms with van der Waals surface area (Å²) < 4.78 is 78.2. The zero-order valence-corrected chi connectivity index (χ0v) is 16.3. The van der Waals surface area contributed by atoms with Gasteiger partial charge in [0.05, 0.1) is 11.1 Å². The van der Waals surface area contributed by atoms with Crippen molar-refractivity contribution in [1.29, 1.82) is 0 Å². The van der Waals surface area contributed by atoms with Crippen LogP contribution in [0.4, 0.5) is 26.3 Å². The summed E-state index contributed by atoms with van der Waals surface area (Å²) >= 11 is 0. The molecule has 2 aromatic carbocycles. The van der Waals surface area contributed by atoms with Crippen molar-refractivity contribution in [2.24, 2.45) is 0 Å². The standard InChI is InChI=1S/C21H18F6N2O2/c1-13-2-4-14(5-3-13)18(30)28-6-8-29(9-7-28)19(31)15-10-16(20(22,23)24)12-17(11-15)21(25,26)27/h2-5,10-12H,6-9H2,1H3. The highest BCUT2D eigenvalue weighted by molar-refractivity contribution is 5.96. The topological polar surface area (TPSA) is 40.6 Å². The Kier molecular flexibility index (Phi) is 6.02. The molecule has 0 N–H and O–H groups in total. The molecule has 10 heteroatoms. The monoisotopic (exact) mass is 444 g/mol. The maximum Gasteiger partial charge on any atom is 0.416 e. The molecule has 1 heterocycles. The SMILES string of the molecule is Cc1ccc(C(=O)N2CCN(C(=O)c3cc(C(F)(F)F)cc(C(F)(F)F)c3)CC2)cc1. The Balaban J connectivity index is 1.76. The number of nitrogens with zero attached hydrogens (tertiary/aromatic N) is 2. The second-order valence-corrected chi connectivity index (χ2v) is 7.24. The molecule has 31 heavy (non-hydrogen) atoms. The van der Waals surface area contributed by atoms with Gasteiger partial charge < -0.3 is 9.80 Å². The molecule has 0 aromatic heterocycles. The normalized spacial score (nSPS) is 15.2. The number of alkyl halides is 6. The van der Waals surface area contributed by atoms with Crippen LogP contribution >= 0.6 is 0 Å². The predicted molar refractivity (Wildman–Crippen MR) is 99.4 cm³/mol. The molecule has 0 radical (unpaired) electrons. The molecule has 0 spiro atoms. The van der Waals surface area contributed by atoms with E-state index >= 15 is 0 Å². The van der Waals surface area contributed by atoms with Crippen LogP contribution in [0.25, 0.3) is 0 Å². The van der Waals surface area contributed by atoms with Gasteiger partial charge in [0, 0.05) is 37.3 Å². The highest BCUT2D eigenvalue weighted by atomic mass is 19.4. The summed E-state index contributed by atoms with van der Waals surface area (Å²) in [6.45, 7) is 2.09. The summed E-state index contributed by atoms with van der Waals surface area (Å²) in [5.41, 5.74) is -2.34. The number of carbonyl (C=O) groups excluding carboxylic acids is 2. The first-order valence-electron chi connectivity index (χ1n) is 9.31. The van der Waals surface area contributed by atoms with Gasteiger partial charge >= 0.3 is 12.4 Å². The summed E-state index contributed by atoms with van der Waals surface area (Å²) in [6.07, 6.45) is -10.1. The Hall–Kier alpha value is -3.04. The van der Waals surface area contributed by atoms with Gasteiger partial charge in [-0.3, -0.25) is 9.59 Å². The molecule has 166 valence electrons. The van der Waals surface area contributed by atoms with Crippen molar-refractivity contribution in [3.63, 3.8) is 0 Å². The van der Waals surface area contributed by atoms with Crippen molar-refractivity contribution < 1.29 is 35.9 Å². The van der Waals surface area contributed by atoms with E-state index in [4.69, 9.17) is 0 Å². The molecule has 0 bridgehead atoms. The quantitative estimate of drug-likeness (QED) is 0.634. The van der Waals surface area contributed by atoms with Gasteiger partial charge in [0.2, 0.25) is 0 Å². The highest BCUT2D eigenvalue weighted by Crippen LogP contribution is 2.36. The van der Waals surface area contributed by atoms with Gasteiger partial charge in [0.1, 0.15) is 0 Å². The minimum absolute atomic E-state index is 0.00592. The molecule has 0 saturated carbocycles. The van der Waals surface area contributed by atoms with E-state index in [1.807, 2.05) is 6.92 Å². The third-order valence-corrected chi connectivity index (χ3v) is 4.99. The lowest BCUT2D eigenvalue weighted by molar-refractivity contribution is -0.143. The van der Waals surface area contributed by atoms with Crippen LogP contribution in [0.3, 0.4) is 0 Å². The summed E-state index contributed by atoms with van der Waals surface area (Å²) in [7, 11) is 0. The first-order valence-corrected chi connectivity index (χ1v) is 9.31. The zero-order valence-electron chi connectivity index (χ0n) is 16.3. The molecule has 1 fully saturated rings. The van der Waals surface area contributed by atoms with Crippen LogP contribution in [0.15, 0.2) is 42.5 Å². The van der Waals surface area contributed by atoms with Crippen LogP contribution in [0.2, 0.25) is 0 Å². The number of amides is 2. The van der Waals surface area contributed by atoms with Crippen molar-refractivity contribution in [3.05, 3.63) is 70.3 Å². The average Bonchev–Trinajstić information content (AvgIpc) is 2.72. The number of hydrogen-bond acceptors (Lipinski definition) is 2. The van der Waals surface area contributed by atoms with E-state index < -0.39 is 35.0 Å². The van der Waals surface area contributed by atoms with E-state index in [-0.39, 0.29) is 38.2 Å². The summed E-state index contributed by atoms with van der Waals surface area (Å²) in [4.78, 5) is 27.8. The highest BCUT2D eigenvalue weighted by Gasteiger charge is 2.38.